The Kier molecular flexibility index (Phi) is 9.33. The molecule has 8 nitrogen and oxygen atoms in total. The van der Waals surface area contributed by atoms with E-state index >= 15 is 0 Å². The third-order valence-corrected chi connectivity index (χ3v) is 7.43. The Balaban J connectivity index is 1.67. The molecular weight excluding hydrogens is 484 g/mol. The van der Waals surface area contributed by atoms with Crippen molar-refractivity contribution in [1.82, 2.24) is 14.8 Å². The van der Waals surface area contributed by atoms with Gasteiger partial charge in [0, 0.05) is 11.4 Å². The number of hydrogen-bond donors (Lipinski definition) is 1. The van der Waals surface area contributed by atoms with Crippen LogP contribution in [0.1, 0.15) is 66.0 Å². The molecule has 0 radical (unpaired) electrons. The Morgan fingerprint density at radius 2 is 1.94 bits per heavy atom. The number of amides is 1. The van der Waals surface area contributed by atoms with Crippen LogP contribution in [0.4, 0.5) is 5.00 Å². The quantitative estimate of drug-likeness (QED) is 0.262. The maximum Gasteiger partial charge on any atom is 0.341 e. The molecule has 1 atom stereocenters. The normalized spacial score (nSPS) is 11.8. The summed E-state index contributed by atoms with van der Waals surface area (Å²) in [5.41, 5.74) is 2.63. The highest BCUT2D eigenvalue weighted by atomic mass is 32.2. The highest BCUT2D eigenvalue weighted by Crippen LogP contribution is 2.30. The van der Waals surface area contributed by atoms with E-state index in [1.54, 1.807) is 13.0 Å². The number of aryl methyl sites for hydroxylation is 3. The SMILES string of the molecule is CCOC(=O)c1cc(CC)sc1NC(=O)CSc1nnc(C(C)Oc2ccc(C)cc2C)n1CC. The molecule has 35 heavy (non-hydrogen) atoms. The second-order valence-electron chi connectivity index (χ2n) is 7.98. The topological polar surface area (TPSA) is 95.3 Å². The van der Waals surface area contributed by atoms with E-state index in [1.165, 1.54) is 28.7 Å². The summed E-state index contributed by atoms with van der Waals surface area (Å²) in [6.07, 6.45) is 0.463. The molecule has 0 spiro atoms. The monoisotopic (exact) mass is 516 g/mol. The molecule has 0 saturated carbocycles. The van der Waals surface area contributed by atoms with Crippen LogP contribution in [-0.4, -0.2) is 39.0 Å². The number of esters is 1. The first kappa shape index (κ1) is 26.7. The molecular formula is C25H32N4O4S2. The number of ether oxygens (including phenoxy) is 2. The van der Waals surface area contributed by atoms with Crippen molar-refractivity contribution in [1.29, 1.82) is 0 Å². The molecule has 10 heteroatoms. The van der Waals surface area contributed by atoms with Gasteiger partial charge in [-0.15, -0.1) is 21.5 Å². The van der Waals surface area contributed by atoms with Crippen molar-refractivity contribution >= 4 is 40.0 Å². The Morgan fingerprint density at radius 1 is 1.17 bits per heavy atom. The van der Waals surface area contributed by atoms with E-state index in [0.29, 0.717) is 28.1 Å². The molecule has 2 aromatic heterocycles. The molecule has 1 amide bonds. The fraction of sp³-hybridized carbons (Fsp3) is 0.440. The van der Waals surface area contributed by atoms with E-state index in [2.05, 4.69) is 21.6 Å². The van der Waals surface area contributed by atoms with E-state index in [9.17, 15) is 9.59 Å². The molecule has 0 fully saturated rings. The lowest BCUT2D eigenvalue weighted by atomic mass is 10.1. The Labute approximate surface area is 214 Å². The summed E-state index contributed by atoms with van der Waals surface area (Å²) in [6.45, 7) is 12.7. The van der Waals surface area contributed by atoms with Crippen molar-refractivity contribution in [2.75, 3.05) is 17.7 Å². The van der Waals surface area contributed by atoms with E-state index in [0.717, 1.165) is 22.6 Å². The summed E-state index contributed by atoms with van der Waals surface area (Å²) in [6, 6.07) is 7.84. The Bertz CT molecular complexity index is 1190. The number of nitrogens with zero attached hydrogens (tertiary/aromatic N) is 3. The first-order valence-corrected chi connectivity index (χ1v) is 13.5. The van der Waals surface area contributed by atoms with Gasteiger partial charge in [0.05, 0.1) is 17.9 Å². The number of benzene rings is 1. The number of thioether (sulfide) groups is 1. The zero-order chi connectivity index (χ0) is 25.5. The molecule has 0 bridgehead atoms. The van der Waals surface area contributed by atoms with Gasteiger partial charge in [-0.3, -0.25) is 4.79 Å². The summed E-state index contributed by atoms with van der Waals surface area (Å²) in [7, 11) is 0. The van der Waals surface area contributed by atoms with Crippen molar-refractivity contribution in [3.05, 3.63) is 51.7 Å². The van der Waals surface area contributed by atoms with Crippen molar-refractivity contribution in [2.45, 2.75) is 65.8 Å². The molecule has 0 saturated heterocycles. The van der Waals surface area contributed by atoms with Crippen molar-refractivity contribution < 1.29 is 19.1 Å². The van der Waals surface area contributed by atoms with Crippen LogP contribution in [0.5, 0.6) is 5.75 Å². The standard InChI is InChI=1S/C25H32N4O4S2/c1-7-18-13-19(24(31)32-9-3)23(35-18)26-21(30)14-34-25-28-27-22(29(25)8-2)17(6)33-20-11-10-15(4)12-16(20)5/h10-13,17H,7-9,14H2,1-6H3,(H,26,30). The lowest BCUT2D eigenvalue weighted by Gasteiger charge is -2.17. The van der Waals surface area contributed by atoms with Gasteiger partial charge in [0.25, 0.3) is 0 Å². The number of thiophene rings is 1. The number of carbonyl (C=O) groups is 2. The second kappa shape index (κ2) is 12.2. The third-order valence-electron chi connectivity index (χ3n) is 5.27. The first-order valence-electron chi connectivity index (χ1n) is 11.7. The first-order chi connectivity index (χ1) is 16.8. The number of hydrogen-bond acceptors (Lipinski definition) is 8. The van der Waals surface area contributed by atoms with E-state index in [1.807, 2.05) is 51.3 Å². The van der Waals surface area contributed by atoms with Gasteiger partial charge in [0.2, 0.25) is 5.91 Å². The van der Waals surface area contributed by atoms with Crippen LogP contribution in [0.15, 0.2) is 29.4 Å². The fourth-order valence-corrected chi connectivity index (χ4v) is 5.35. The lowest BCUT2D eigenvalue weighted by Crippen LogP contribution is -2.17. The zero-order valence-corrected chi connectivity index (χ0v) is 22.6. The van der Waals surface area contributed by atoms with Gasteiger partial charge < -0.3 is 19.4 Å². The number of anilines is 1. The van der Waals surface area contributed by atoms with Gasteiger partial charge in [-0.25, -0.2) is 4.79 Å². The summed E-state index contributed by atoms with van der Waals surface area (Å²) in [5, 5.41) is 12.7. The summed E-state index contributed by atoms with van der Waals surface area (Å²) in [4.78, 5) is 26.0. The van der Waals surface area contributed by atoms with Crippen molar-refractivity contribution in [3.8, 4) is 5.75 Å². The lowest BCUT2D eigenvalue weighted by molar-refractivity contribution is -0.113. The van der Waals surface area contributed by atoms with Crippen LogP contribution in [0.25, 0.3) is 0 Å². The molecule has 1 unspecified atom stereocenters. The minimum absolute atomic E-state index is 0.131. The predicted molar refractivity (Wildman–Crippen MR) is 140 cm³/mol. The smallest absolute Gasteiger partial charge is 0.341 e. The molecule has 0 aliphatic heterocycles. The van der Waals surface area contributed by atoms with Crippen molar-refractivity contribution in [3.63, 3.8) is 0 Å². The van der Waals surface area contributed by atoms with Gasteiger partial charge in [-0.1, -0.05) is 36.4 Å². The highest BCUT2D eigenvalue weighted by Gasteiger charge is 2.22. The number of nitrogens with one attached hydrogen (secondary N) is 1. The van der Waals surface area contributed by atoms with E-state index in [4.69, 9.17) is 9.47 Å². The molecule has 188 valence electrons. The minimum atomic E-state index is -0.431. The van der Waals surface area contributed by atoms with Crippen LogP contribution in [-0.2, 0) is 22.5 Å². The molecule has 3 rings (SSSR count). The van der Waals surface area contributed by atoms with E-state index < -0.39 is 5.97 Å². The molecule has 1 N–H and O–H groups in total. The van der Waals surface area contributed by atoms with Gasteiger partial charge in [0.15, 0.2) is 17.1 Å². The second-order valence-corrected chi connectivity index (χ2v) is 10.1. The number of carbonyl (C=O) groups excluding carboxylic acids is 2. The third kappa shape index (κ3) is 6.64. The summed E-state index contributed by atoms with van der Waals surface area (Å²) in [5.74, 6) is 0.982. The molecule has 0 aliphatic rings. The maximum atomic E-state index is 12.7. The minimum Gasteiger partial charge on any atom is -0.482 e. The summed E-state index contributed by atoms with van der Waals surface area (Å²) < 4.78 is 13.2. The van der Waals surface area contributed by atoms with Gasteiger partial charge in [0.1, 0.15) is 10.8 Å². The average molecular weight is 517 g/mol. The van der Waals surface area contributed by atoms with Gasteiger partial charge in [-0.2, -0.15) is 0 Å². The highest BCUT2D eigenvalue weighted by molar-refractivity contribution is 7.99. The predicted octanol–water partition coefficient (Wildman–Crippen LogP) is 5.59. The van der Waals surface area contributed by atoms with Crippen LogP contribution in [0, 0.1) is 13.8 Å². The van der Waals surface area contributed by atoms with Crippen LogP contribution < -0.4 is 10.1 Å². The largest absolute Gasteiger partial charge is 0.482 e. The van der Waals surface area contributed by atoms with Crippen LogP contribution >= 0.6 is 23.1 Å². The van der Waals surface area contributed by atoms with Gasteiger partial charge >= 0.3 is 5.97 Å². The molecule has 0 aliphatic carbocycles. The Hall–Kier alpha value is -2.85. The summed E-state index contributed by atoms with van der Waals surface area (Å²) >= 11 is 2.69. The van der Waals surface area contributed by atoms with Crippen LogP contribution in [0.3, 0.4) is 0 Å². The fourth-order valence-electron chi connectivity index (χ4n) is 3.54. The zero-order valence-electron chi connectivity index (χ0n) is 21.0. The molecule has 3 aromatic rings. The van der Waals surface area contributed by atoms with Gasteiger partial charge in [-0.05, 0) is 58.7 Å². The maximum absolute atomic E-state index is 12.7. The van der Waals surface area contributed by atoms with Crippen molar-refractivity contribution in [2.24, 2.45) is 0 Å². The van der Waals surface area contributed by atoms with Crippen LogP contribution in [0.2, 0.25) is 0 Å². The Morgan fingerprint density at radius 3 is 2.60 bits per heavy atom. The number of aromatic nitrogens is 3. The average Bonchev–Trinajstić information content (AvgIpc) is 3.43. The van der Waals surface area contributed by atoms with E-state index in [-0.39, 0.29) is 24.4 Å². The number of rotatable bonds is 11. The molecule has 1 aromatic carbocycles. The molecule has 2 heterocycles.